The maximum atomic E-state index is 12.7. The fraction of sp³-hybridized carbons (Fsp3) is 0.889. The van der Waals surface area contributed by atoms with Gasteiger partial charge in [-0.15, -0.1) is 0 Å². The Hall–Kier alpha value is -1.51. The standard InChI is InChI=1S/C54H104NO8P/c1-6-8-10-12-14-15-16-17-18-19-20-21-22-23-24-25-26-27-28-29-30-31-32-33-34-35-36-37-38-39-41-43-45-47-54(57)63-52(51-62-64(58,59)61-49-48-55(3,4)5)50-60-53(56)46-44-42-40-13-11-9-7-2/h16-17,19-20,52H,6-15,18,21-51H2,1-5H3/p+1/b17-16-,20-19-. The van der Waals surface area contributed by atoms with E-state index in [4.69, 9.17) is 18.5 Å². The smallest absolute Gasteiger partial charge is 0.462 e. The number of rotatable bonds is 50. The molecule has 0 fully saturated rings. The molecule has 0 amide bonds. The van der Waals surface area contributed by atoms with Crippen LogP contribution < -0.4 is 0 Å². The molecule has 0 rings (SSSR count). The van der Waals surface area contributed by atoms with Crippen LogP contribution >= 0.6 is 7.82 Å². The van der Waals surface area contributed by atoms with Crippen molar-refractivity contribution < 1.29 is 42.1 Å². The van der Waals surface area contributed by atoms with Crippen molar-refractivity contribution in [2.24, 2.45) is 0 Å². The predicted octanol–water partition coefficient (Wildman–Crippen LogP) is 16.3. The van der Waals surface area contributed by atoms with Gasteiger partial charge in [0.2, 0.25) is 0 Å². The van der Waals surface area contributed by atoms with Gasteiger partial charge < -0.3 is 18.9 Å². The van der Waals surface area contributed by atoms with Crippen LogP contribution in [0.15, 0.2) is 24.3 Å². The summed E-state index contributed by atoms with van der Waals surface area (Å²) in [5.74, 6) is -0.793. The topological polar surface area (TPSA) is 108 Å². The highest BCUT2D eigenvalue weighted by Crippen LogP contribution is 2.43. The second-order valence-corrected chi connectivity index (χ2v) is 21.1. The summed E-state index contributed by atoms with van der Waals surface area (Å²) in [7, 11) is 1.49. The van der Waals surface area contributed by atoms with E-state index >= 15 is 0 Å². The molecule has 0 radical (unpaired) electrons. The van der Waals surface area contributed by atoms with E-state index in [-0.39, 0.29) is 25.6 Å². The van der Waals surface area contributed by atoms with Gasteiger partial charge in [0.25, 0.3) is 0 Å². The molecule has 0 aliphatic carbocycles. The van der Waals surface area contributed by atoms with Crippen LogP contribution in [0.25, 0.3) is 0 Å². The van der Waals surface area contributed by atoms with E-state index in [1.807, 2.05) is 21.1 Å². The summed E-state index contributed by atoms with van der Waals surface area (Å²) in [4.78, 5) is 35.3. The number of likely N-dealkylation sites (N-methyl/N-ethyl adjacent to an activating group) is 1. The Morgan fingerprint density at radius 1 is 0.484 bits per heavy atom. The largest absolute Gasteiger partial charge is 0.472 e. The van der Waals surface area contributed by atoms with Crippen molar-refractivity contribution in [3.63, 3.8) is 0 Å². The van der Waals surface area contributed by atoms with Gasteiger partial charge in [0.05, 0.1) is 27.7 Å². The Kier molecular flexibility index (Phi) is 45.5. The number of nitrogens with zero attached hydrogens (tertiary/aromatic N) is 1. The minimum Gasteiger partial charge on any atom is -0.462 e. The van der Waals surface area contributed by atoms with Gasteiger partial charge in [-0.25, -0.2) is 4.57 Å². The third kappa shape index (κ3) is 49.9. The van der Waals surface area contributed by atoms with E-state index in [1.165, 1.54) is 186 Å². The Morgan fingerprint density at radius 2 is 0.844 bits per heavy atom. The third-order valence-corrected chi connectivity index (χ3v) is 13.0. The fourth-order valence-electron chi connectivity index (χ4n) is 7.75. The second kappa shape index (κ2) is 46.6. The predicted molar refractivity (Wildman–Crippen MR) is 271 cm³/mol. The molecular formula is C54H105NO8P+. The first kappa shape index (κ1) is 62.5. The molecule has 0 aromatic carbocycles. The van der Waals surface area contributed by atoms with E-state index < -0.39 is 26.5 Å². The lowest BCUT2D eigenvalue weighted by Crippen LogP contribution is -2.37. The van der Waals surface area contributed by atoms with E-state index in [0.29, 0.717) is 23.9 Å². The maximum Gasteiger partial charge on any atom is 0.472 e. The van der Waals surface area contributed by atoms with Crippen LogP contribution in [0.1, 0.15) is 258 Å². The van der Waals surface area contributed by atoms with E-state index in [1.54, 1.807) is 0 Å². The highest BCUT2D eigenvalue weighted by molar-refractivity contribution is 7.47. The normalized spacial score (nSPS) is 13.5. The minimum absolute atomic E-state index is 0.0349. The molecule has 9 nitrogen and oxygen atoms in total. The van der Waals surface area contributed by atoms with Crippen molar-refractivity contribution in [2.45, 2.75) is 264 Å². The summed E-state index contributed by atoms with van der Waals surface area (Å²) >= 11 is 0. The molecular weight excluding hydrogens is 822 g/mol. The van der Waals surface area contributed by atoms with Gasteiger partial charge >= 0.3 is 19.8 Å². The van der Waals surface area contributed by atoms with Gasteiger partial charge in [0, 0.05) is 12.8 Å². The first-order chi connectivity index (χ1) is 31.0. The number of carbonyl (C=O) groups is 2. The van der Waals surface area contributed by atoms with E-state index in [0.717, 1.165) is 38.5 Å². The zero-order valence-electron chi connectivity index (χ0n) is 42.8. The van der Waals surface area contributed by atoms with Gasteiger partial charge in [-0.1, -0.05) is 224 Å². The molecule has 0 heterocycles. The molecule has 0 aromatic rings. The van der Waals surface area contributed by atoms with Crippen LogP contribution in [0.4, 0.5) is 0 Å². The zero-order valence-corrected chi connectivity index (χ0v) is 43.7. The number of phosphoric ester groups is 1. The van der Waals surface area contributed by atoms with Crippen LogP contribution in [0, 0.1) is 0 Å². The van der Waals surface area contributed by atoms with Gasteiger partial charge in [0.15, 0.2) is 6.10 Å². The molecule has 2 unspecified atom stereocenters. The minimum atomic E-state index is -4.37. The van der Waals surface area contributed by atoms with Crippen LogP contribution in [0.3, 0.4) is 0 Å². The van der Waals surface area contributed by atoms with Crippen molar-refractivity contribution in [3.05, 3.63) is 24.3 Å². The monoisotopic (exact) mass is 927 g/mol. The molecule has 0 aliphatic heterocycles. The Morgan fingerprint density at radius 3 is 1.23 bits per heavy atom. The summed E-state index contributed by atoms with van der Waals surface area (Å²) < 4.78 is 34.3. The molecule has 0 aromatic heterocycles. The highest BCUT2D eigenvalue weighted by Gasteiger charge is 2.27. The summed E-state index contributed by atoms with van der Waals surface area (Å²) in [6, 6.07) is 0. The van der Waals surface area contributed by atoms with Gasteiger partial charge in [-0.3, -0.25) is 18.6 Å². The summed E-state index contributed by atoms with van der Waals surface area (Å²) in [5.41, 5.74) is 0. The molecule has 64 heavy (non-hydrogen) atoms. The van der Waals surface area contributed by atoms with E-state index in [2.05, 4.69) is 38.2 Å². The van der Waals surface area contributed by atoms with Crippen molar-refractivity contribution in [1.29, 1.82) is 0 Å². The molecule has 0 spiro atoms. The SMILES string of the molecule is CCCCCCC/C=C\C/C=C\CCCCCCCCCCCCCCCCCCCCCCCC(=O)OC(COC(=O)CCCCCCCCC)COP(=O)(O)OCC[N+](C)(C)C. The Labute approximate surface area is 396 Å². The lowest BCUT2D eigenvalue weighted by molar-refractivity contribution is -0.870. The number of hydrogen-bond donors (Lipinski definition) is 1. The maximum absolute atomic E-state index is 12.7. The van der Waals surface area contributed by atoms with Crippen molar-refractivity contribution in [1.82, 2.24) is 0 Å². The Bertz CT molecular complexity index is 1140. The van der Waals surface area contributed by atoms with Gasteiger partial charge in [-0.05, 0) is 44.9 Å². The number of hydrogen-bond acceptors (Lipinski definition) is 7. The summed E-state index contributed by atoms with van der Waals surface area (Å²) in [5, 5.41) is 0. The van der Waals surface area contributed by atoms with Crippen molar-refractivity contribution >= 4 is 19.8 Å². The first-order valence-corrected chi connectivity index (χ1v) is 28.6. The molecule has 378 valence electrons. The second-order valence-electron chi connectivity index (χ2n) is 19.6. The molecule has 0 bridgehead atoms. The number of ether oxygens (including phenoxy) is 2. The van der Waals surface area contributed by atoms with E-state index in [9.17, 15) is 19.0 Å². The lowest BCUT2D eigenvalue weighted by Gasteiger charge is -2.24. The first-order valence-electron chi connectivity index (χ1n) is 27.1. The molecule has 10 heteroatoms. The molecule has 0 aliphatic rings. The van der Waals surface area contributed by atoms with Crippen molar-refractivity contribution in [3.8, 4) is 0 Å². The number of quaternary nitrogens is 1. The molecule has 0 saturated heterocycles. The van der Waals surface area contributed by atoms with Crippen LogP contribution in [0.2, 0.25) is 0 Å². The Balaban J connectivity index is 3.87. The average molecular weight is 927 g/mol. The summed E-state index contributed by atoms with van der Waals surface area (Å²) in [6.07, 6.45) is 54.3. The summed E-state index contributed by atoms with van der Waals surface area (Å²) in [6.45, 7) is 4.39. The molecule has 2 atom stereocenters. The van der Waals surface area contributed by atoms with Crippen molar-refractivity contribution in [2.75, 3.05) is 47.5 Å². The molecule has 1 N–H and O–H groups in total. The van der Waals surface area contributed by atoms with Gasteiger partial charge in [0.1, 0.15) is 19.8 Å². The number of carbonyl (C=O) groups excluding carboxylic acids is 2. The number of allylic oxidation sites excluding steroid dienone is 4. The highest BCUT2D eigenvalue weighted by atomic mass is 31.2. The fourth-order valence-corrected chi connectivity index (χ4v) is 8.49. The lowest BCUT2D eigenvalue weighted by atomic mass is 10.0. The quantitative estimate of drug-likeness (QED) is 0.0211. The van der Waals surface area contributed by atoms with Gasteiger partial charge in [-0.2, -0.15) is 0 Å². The number of phosphoric acid groups is 1. The molecule has 0 saturated carbocycles. The van der Waals surface area contributed by atoms with Crippen LogP contribution in [-0.4, -0.2) is 74.9 Å². The number of esters is 2. The third-order valence-electron chi connectivity index (χ3n) is 12.0. The van der Waals surface area contributed by atoms with Crippen LogP contribution in [0.5, 0.6) is 0 Å². The van der Waals surface area contributed by atoms with Crippen LogP contribution in [-0.2, 0) is 32.7 Å². The average Bonchev–Trinajstić information content (AvgIpc) is 3.25. The zero-order chi connectivity index (χ0) is 47.1. The number of unbranched alkanes of at least 4 members (excludes halogenated alkanes) is 32.